The number of rotatable bonds is 14. The van der Waals surface area contributed by atoms with Gasteiger partial charge in [0.1, 0.15) is 0 Å². The van der Waals surface area contributed by atoms with Gasteiger partial charge in [0.25, 0.3) is 0 Å². The van der Waals surface area contributed by atoms with Crippen LogP contribution in [-0.2, 0) is 0 Å². The molecule has 1 rings (SSSR count). The Kier molecular flexibility index (Phi) is 17.4. The van der Waals surface area contributed by atoms with E-state index in [0.717, 1.165) is 12.8 Å². The van der Waals surface area contributed by atoms with Gasteiger partial charge in [0.15, 0.2) is 0 Å². The summed E-state index contributed by atoms with van der Waals surface area (Å²) in [5, 5.41) is 9.68. The molecular formula is C26H48N2. The summed E-state index contributed by atoms with van der Waals surface area (Å²) in [6.45, 7) is 4.57. The SMILES string of the molecule is CCCCCCCCC1C/C=C/CC/C=C/CC(CCCCCCCC)/N=N/1. The summed E-state index contributed by atoms with van der Waals surface area (Å²) in [4.78, 5) is 0. The summed E-state index contributed by atoms with van der Waals surface area (Å²) >= 11 is 0. The third-order valence-corrected chi connectivity index (χ3v) is 5.82. The van der Waals surface area contributed by atoms with Crippen LogP contribution in [0.15, 0.2) is 34.5 Å². The van der Waals surface area contributed by atoms with Crippen LogP contribution in [0.4, 0.5) is 0 Å². The van der Waals surface area contributed by atoms with Crippen molar-refractivity contribution in [3.05, 3.63) is 24.3 Å². The molecule has 2 unspecified atom stereocenters. The van der Waals surface area contributed by atoms with E-state index in [0.29, 0.717) is 12.1 Å². The smallest absolute Gasteiger partial charge is 0.0742 e. The van der Waals surface area contributed by atoms with E-state index in [1.807, 2.05) is 0 Å². The summed E-state index contributed by atoms with van der Waals surface area (Å²) < 4.78 is 0. The van der Waals surface area contributed by atoms with Gasteiger partial charge in [0.05, 0.1) is 12.1 Å². The predicted molar refractivity (Wildman–Crippen MR) is 125 cm³/mol. The third kappa shape index (κ3) is 15.1. The van der Waals surface area contributed by atoms with E-state index in [-0.39, 0.29) is 0 Å². The van der Waals surface area contributed by atoms with Gasteiger partial charge in [-0.1, -0.05) is 115 Å². The van der Waals surface area contributed by atoms with Crippen molar-refractivity contribution in [1.82, 2.24) is 0 Å². The molecule has 0 aromatic heterocycles. The van der Waals surface area contributed by atoms with Crippen molar-refractivity contribution in [2.45, 2.75) is 142 Å². The number of allylic oxidation sites excluding steroid dienone is 2. The zero-order valence-electron chi connectivity index (χ0n) is 19.1. The number of hydrogen-bond donors (Lipinski definition) is 0. The minimum absolute atomic E-state index is 0.401. The lowest BCUT2D eigenvalue weighted by molar-refractivity contribution is 0.483. The van der Waals surface area contributed by atoms with Crippen molar-refractivity contribution in [3.8, 4) is 0 Å². The Morgan fingerprint density at radius 2 is 0.929 bits per heavy atom. The summed E-state index contributed by atoms with van der Waals surface area (Å²) in [7, 11) is 0. The van der Waals surface area contributed by atoms with E-state index in [2.05, 4.69) is 38.2 Å². The maximum absolute atomic E-state index is 4.84. The van der Waals surface area contributed by atoms with Crippen LogP contribution in [0.3, 0.4) is 0 Å². The van der Waals surface area contributed by atoms with Crippen LogP contribution in [0.2, 0.25) is 0 Å². The molecule has 0 aromatic carbocycles. The first-order valence-electron chi connectivity index (χ1n) is 12.6. The molecule has 0 aromatic rings. The topological polar surface area (TPSA) is 24.7 Å². The average Bonchev–Trinajstić information content (AvgIpc) is 2.70. The van der Waals surface area contributed by atoms with E-state index in [4.69, 9.17) is 10.2 Å². The van der Waals surface area contributed by atoms with Crippen LogP contribution in [-0.4, -0.2) is 12.1 Å². The quantitative estimate of drug-likeness (QED) is 0.209. The summed E-state index contributed by atoms with van der Waals surface area (Å²) in [5.74, 6) is 0. The van der Waals surface area contributed by atoms with Crippen LogP contribution in [0, 0.1) is 0 Å². The maximum atomic E-state index is 4.84. The van der Waals surface area contributed by atoms with Crippen molar-refractivity contribution in [2.24, 2.45) is 10.2 Å². The largest absolute Gasteiger partial charge is 0.190 e. The molecule has 1 aliphatic heterocycles. The highest BCUT2D eigenvalue weighted by molar-refractivity contribution is 4.92. The fraction of sp³-hybridized carbons (Fsp3) is 0.846. The zero-order valence-corrected chi connectivity index (χ0v) is 19.1. The van der Waals surface area contributed by atoms with Gasteiger partial charge in [0.2, 0.25) is 0 Å². The van der Waals surface area contributed by atoms with E-state index < -0.39 is 0 Å². The Labute approximate surface area is 176 Å². The second-order valence-electron chi connectivity index (χ2n) is 8.64. The highest BCUT2D eigenvalue weighted by Gasteiger charge is 2.09. The van der Waals surface area contributed by atoms with Crippen molar-refractivity contribution >= 4 is 0 Å². The number of hydrogen-bond acceptors (Lipinski definition) is 2. The first kappa shape index (κ1) is 25.1. The molecule has 2 heteroatoms. The predicted octanol–water partition coefficient (Wildman–Crippen LogP) is 9.36. The molecule has 0 aliphatic carbocycles. The molecule has 1 aliphatic rings. The van der Waals surface area contributed by atoms with E-state index >= 15 is 0 Å². The Morgan fingerprint density at radius 3 is 1.36 bits per heavy atom. The van der Waals surface area contributed by atoms with Gasteiger partial charge >= 0.3 is 0 Å². The van der Waals surface area contributed by atoms with Crippen LogP contribution < -0.4 is 0 Å². The fourth-order valence-corrected chi connectivity index (χ4v) is 3.89. The van der Waals surface area contributed by atoms with Crippen molar-refractivity contribution < 1.29 is 0 Å². The summed E-state index contributed by atoms with van der Waals surface area (Å²) in [6, 6.07) is 0.802. The molecule has 0 spiro atoms. The number of nitrogens with zero attached hydrogens (tertiary/aromatic N) is 2. The minimum Gasteiger partial charge on any atom is -0.190 e. The van der Waals surface area contributed by atoms with Crippen molar-refractivity contribution in [3.63, 3.8) is 0 Å². The van der Waals surface area contributed by atoms with Gasteiger partial charge in [-0.2, -0.15) is 10.2 Å². The lowest BCUT2D eigenvalue weighted by Gasteiger charge is -2.13. The highest BCUT2D eigenvalue weighted by atomic mass is 15.1. The van der Waals surface area contributed by atoms with E-state index in [1.54, 1.807) is 0 Å². The minimum atomic E-state index is 0.401. The van der Waals surface area contributed by atoms with Crippen LogP contribution in [0.5, 0.6) is 0 Å². The molecule has 0 bridgehead atoms. The van der Waals surface area contributed by atoms with Gasteiger partial charge in [0, 0.05) is 0 Å². The molecular weight excluding hydrogens is 340 g/mol. The van der Waals surface area contributed by atoms with Gasteiger partial charge < -0.3 is 0 Å². The molecule has 1 heterocycles. The maximum Gasteiger partial charge on any atom is 0.0742 e. The van der Waals surface area contributed by atoms with Crippen LogP contribution in [0.25, 0.3) is 0 Å². The Bertz CT molecular complexity index is 373. The second-order valence-corrected chi connectivity index (χ2v) is 8.64. The molecule has 0 N–H and O–H groups in total. The van der Waals surface area contributed by atoms with E-state index in [9.17, 15) is 0 Å². The number of azo groups is 1. The van der Waals surface area contributed by atoms with Gasteiger partial charge in [-0.05, 0) is 38.5 Å². The van der Waals surface area contributed by atoms with Crippen LogP contribution >= 0.6 is 0 Å². The Morgan fingerprint density at radius 1 is 0.536 bits per heavy atom. The average molecular weight is 389 g/mol. The molecule has 0 amide bonds. The highest BCUT2D eigenvalue weighted by Crippen LogP contribution is 2.18. The Hall–Kier alpha value is -0.920. The second kappa shape index (κ2) is 19.4. The summed E-state index contributed by atoms with van der Waals surface area (Å²) in [5.41, 5.74) is 0. The molecule has 28 heavy (non-hydrogen) atoms. The lowest BCUT2D eigenvalue weighted by atomic mass is 10.0. The van der Waals surface area contributed by atoms with Gasteiger partial charge in [-0.15, -0.1) is 0 Å². The fourth-order valence-electron chi connectivity index (χ4n) is 3.89. The molecule has 2 atom stereocenters. The first-order valence-corrected chi connectivity index (χ1v) is 12.6. The normalized spacial score (nSPS) is 24.2. The van der Waals surface area contributed by atoms with Crippen LogP contribution in [0.1, 0.15) is 129 Å². The lowest BCUT2D eigenvalue weighted by Crippen LogP contribution is -2.07. The Balaban J connectivity index is 2.43. The van der Waals surface area contributed by atoms with Gasteiger partial charge in [-0.3, -0.25) is 0 Å². The molecule has 0 saturated carbocycles. The standard InChI is InChI=1S/C26H48N2/c1-3-5-7-9-13-17-21-25-23-19-15-11-12-16-20-24-26(28-27-25)22-18-14-10-8-6-4-2/h15-16,19-20,25-26H,3-14,17-18,21-24H2,1-2H3/b19-15+,20-16+,28-27+. The third-order valence-electron chi connectivity index (χ3n) is 5.82. The molecule has 0 radical (unpaired) electrons. The molecule has 0 saturated heterocycles. The zero-order chi connectivity index (χ0) is 20.1. The van der Waals surface area contributed by atoms with E-state index in [1.165, 1.54) is 103 Å². The molecule has 162 valence electrons. The monoisotopic (exact) mass is 388 g/mol. The van der Waals surface area contributed by atoms with Crippen molar-refractivity contribution in [1.29, 1.82) is 0 Å². The van der Waals surface area contributed by atoms with Gasteiger partial charge in [-0.25, -0.2) is 0 Å². The summed E-state index contributed by atoms with van der Waals surface area (Å²) in [6.07, 6.45) is 32.6. The molecule has 0 fully saturated rings. The number of unbranched alkanes of at least 4 members (excludes halogenated alkanes) is 10. The first-order chi connectivity index (χ1) is 13.9. The van der Waals surface area contributed by atoms with Crippen molar-refractivity contribution in [2.75, 3.05) is 0 Å². The molecule has 2 nitrogen and oxygen atoms in total.